The molecule has 0 fully saturated rings. The van der Waals surface area contributed by atoms with Crippen molar-refractivity contribution in [1.82, 2.24) is 4.57 Å². The number of ether oxygens (including phenoxy) is 4. The molecule has 0 N–H and O–H groups in total. The Morgan fingerprint density at radius 3 is 2.50 bits per heavy atom. The SMILES string of the molecule is CCn1cc(/C=C2/Oc3cc(OCc4ccc(C(=O)OC)cc4)ccc3C2=O)c2cc(OC)ccc21. The fourth-order valence-corrected chi connectivity index (χ4v) is 4.23. The Kier molecular flexibility index (Phi) is 6.21. The highest BCUT2D eigenvalue weighted by atomic mass is 16.5. The second-order valence-electron chi connectivity index (χ2n) is 8.33. The van der Waals surface area contributed by atoms with E-state index in [9.17, 15) is 9.59 Å². The van der Waals surface area contributed by atoms with Crippen LogP contribution in [0, 0.1) is 0 Å². The molecule has 0 saturated carbocycles. The number of esters is 1. The first-order valence-electron chi connectivity index (χ1n) is 11.6. The van der Waals surface area contributed by atoms with Crippen LogP contribution in [0.15, 0.2) is 72.6 Å². The van der Waals surface area contributed by atoms with E-state index in [4.69, 9.17) is 18.9 Å². The molecule has 3 aromatic carbocycles. The molecule has 0 unspecified atom stereocenters. The maximum Gasteiger partial charge on any atom is 0.337 e. The van der Waals surface area contributed by atoms with E-state index >= 15 is 0 Å². The highest BCUT2D eigenvalue weighted by Gasteiger charge is 2.28. The molecule has 1 aliphatic heterocycles. The van der Waals surface area contributed by atoms with E-state index in [0.717, 1.165) is 34.3 Å². The number of rotatable bonds is 7. The normalized spacial score (nSPS) is 13.5. The number of hydrogen-bond acceptors (Lipinski definition) is 6. The van der Waals surface area contributed by atoms with Gasteiger partial charge in [0.05, 0.1) is 25.3 Å². The summed E-state index contributed by atoms with van der Waals surface area (Å²) in [6.07, 6.45) is 3.79. The Morgan fingerprint density at radius 2 is 1.78 bits per heavy atom. The summed E-state index contributed by atoms with van der Waals surface area (Å²) in [5.74, 6) is 1.49. The minimum absolute atomic E-state index is 0.171. The number of nitrogens with zero attached hydrogens (tertiary/aromatic N) is 1. The molecule has 0 bridgehead atoms. The highest BCUT2D eigenvalue weighted by molar-refractivity contribution is 6.15. The molecular formula is C29H25NO6. The van der Waals surface area contributed by atoms with E-state index in [1.807, 2.05) is 36.5 Å². The minimum Gasteiger partial charge on any atom is -0.497 e. The summed E-state index contributed by atoms with van der Waals surface area (Å²) in [5, 5.41) is 0.985. The third-order valence-corrected chi connectivity index (χ3v) is 6.17. The summed E-state index contributed by atoms with van der Waals surface area (Å²) in [7, 11) is 2.98. The van der Waals surface area contributed by atoms with Gasteiger partial charge in [0.1, 0.15) is 23.9 Å². The zero-order chi connectivity index (χ0) is 25.2. The number of allylic oxidation sites excluding steroid dienone is 1. The number of Topliss-reactive ketones (excluding diaryl/α,β-unsaturated/α-hetero) is 1. The fourth-order valence-electron chi connectivity index (χ4n) is 4.23. The summed E-state index contributed by atoms with van der Waals surface area (Å²) in [4.78, 5) is 24.6. The van der Waals surface area contributed by atoms with Gasteiger partial charge in [0.25, 0.3) is 0 Å². The molecule has 7 heteroatoms. The predicted octanol–water partition coefficient (Wildman–Crippen LogP) is 5.65. The Labute approximate surface area is 208 Å². The summed E-state index contributed by atoms with van der Waals surface area (Å²) >= 11 is 0. The molecule has 0 atom stereocenters. The standard InChI is InChI=1S/C29H25NO6/c1-4-30-16-20(24-14-21(33-2)10-12-25(24)30)13-27-28(31)23-11-9-22(15-26(23)36-27)35-17-18-5-7-19(8-6-18)29(32)34-3/h5-16H,4,17H2,1-3H3/b27-13+. The van der Waals surface area contributed by atoms with Crippen LogP contribution < -0.4 is 14.2 Å². The molecule has 182 valence electrons. The smallest absolute Gasteiger partial charge is 0.337 e. The molecule has 0 spiro atoms. The van der Waals surface area contributed by atoms with Crippen LogP contribution in [0.4, 0.5) is 0 Å². The fraction of sp³-hybridized carbons (Fsp3) is 0.172. The van der Waals surface area contributed by atoms with Gasteiger partial charge in [-0.2, -0.15) is 0 Å². The van der Waals surface area contributed by atoms with Gasteiger partial charge in [0.2, 0.25) is 5.78 Å². The second kappa shape index (κ2) is 9.62. The van der Waals surface area contributed by atoms with E-state index in [-0.39, 0.29) is 17.5 Å². The minimum atomic E-state index is -0.384. The molecular weight excluding hydrogens is 458 g/mol. The Morgan fingerprint density at radius 1 is 1.00 bits per heavy atom. The van der Waals surface area contributed by atoms with E-state index in [1.165, 1.54) is 7.11 Å². The number of aryl methyl sites for hydroxylation is 1. The number of carbonyl (C=O) groups excluding carboxylic acids is 2. The number of aromatic nitrogens is 1. The van der Waals surface area contributed by atoms with Crippen LogP contribution >= 0.6 is 0 Å². The Balaban J connectivity index is 1.35. The topological polar surface area (TPSA) is 76.0 Å². The number of fused-ring (bicyclic) bond motifs is 2. The monoisotopic (exact) mass is 483 g/mol. The lowest BCUT2D eigenvalue weighted by atomic mass is 10.1. The number of benzene rings is 3. The summed E-state index contributed by atoms with van der Waals surface area (Å²) in [5.41, 5.74) is 3.80. The van der Waals surface area contributed by atoms with Gasteiger partial charge in [-0.05, 0) is 61.0 Å². The molecule has 4 aromatic rings. The highest BCUT2D eigenvalue weighted by Crippen LogP contribution is 2.36. The molecule has 1 aromatic heterocycles. The van der Waals surface area contributed by atoms with Gasteiger partial charge >= 0.3 is 5.97 Å². The average Bonchev–Trinajstić information content (AvgIpc) is 3.43. The van der Waals surface area contributed by atoms with Crippen molar-refractivity contribution in [2.45, 2.75) is 20.1 Å². The molecule has 0 aliphatic carbocycles. The Bertz CT molecular complexity index is 1500. The van der Waals surface area contributed by atoms with Crippen LogP contribution in [0.5, 0.6) is 17.2 Å². The quantitative estimate of drug-likeness (QED) is 0.250. The first kappa shape index (κ1) is 23.2. The van der Waals surface area contributed by atoms with Crippen LogP contribution in [0.1, 0.15) is 38.8 Å². The van der Waals surface area contributed by atoms with Gasteiger partial charge in [0, 0.05) is 35.3 Å². The summed E-state index contributed by atoms with van der Waals surface area (Å²) in [6.45, 7) is 3.17. The van der Waals surface area contributed by atoms with Crippen molar-refractivity contribution < 1.29 is 28.5 Å². The van der Waals surface area contributed by atoms with Crippen molar-refractivity contribution in [2.24, 2.45) is 0 Å². The van der Waals surface area contributed by atoms with Gasteiger partial charge in [-0.1, -0.05) is 12.1 Å². The number of carbonyl (C=O) groups is 2. The van der Waals surface area contributed by atoms with Crippen LogP contribution in [0.25, 0.3) is 17.0 Å². The van der Waals surface area contributed by atoms with Crippen LogP contribution in [0.3, 0.4) is 0 Å². The van der Waals surface area contributed by atoms with Crippen LogP contribution in [0.2, 0.25) is 0 Å². The van der Waals surface area contributed by atoms with Crippen molar-refractivity contribution in [3.63, 3.8) is 0 Å². The Hall–Kier alpha value is -4.52. The lowest BCUT2D eigenvalue weighted by Gasteiger charge is -2.08. The number of ketones is 1. The van der Waals surface area contributed by atoms with Crippen molar-refractivity contribution in [1.29, 1.82) is 0 Å². The van der Waals surface area contributed by atoms with E-state index < -0.39 is 0 Å². The van der Waals surface area contributed by atoms with Gasteiger partial charge in [-0.25, -0.2) is 4.79 Å². The maximum atomic E-state index is 13.0. The van der Waals surface area contributed by atoms with Gasteiger partial charge in [-0.3, -0.25) is 4.79 Å². The molecule has 0 saturated heterocycles. The number of methoxy groups -OCH3 is 2. The molecule has 36 heavy (non-hydrogen) atoms. The maximum absolute atomic E-state index is 13.0. The van der Waals surface area contributed by atoms with Crippen molar-refractivity contribution in [3.8, 4) is 17.2 Å². The molecule has 0 radical (unpaired) electrons. The third kappa shape index (κ3) is 4.31. The van der Waals surface area contributed by atoms with Crippen molar-refractivity contribution in [3.05, 3.63) is 94.9 Å². The first-order valence-corrected chi connectivity index (χ1v) is 11.6. The van der Waals surface area contributed by atoms with Crippen molar-refractivity contribution in [2.75, 3.05) is 14.2 Å². The average molecular weight is 484 g/mol. The van der Waals surface area contributed by atoms with Gasteiger partial charge in [0.15, 0.2) is 5.76 Å². The predicted molar refractivity (Wildman–Crippen MR) is 136 cm³/mol. The molecule has 1 aliphatic rings. The van der Waals surface area contributed by atoms with Crippen LogP contribution in [-0.4, -0.2) is 30.5 Å². The molecule has 7 nitrogen and oxygen atoms in total. The third-order valence-electron chi connectivity index (χ3n) is 6.17. The van der Waals surface area contributed by atoms with E-state index in [0.29, 0.717) is 29.2 Å². The second-order valence-corrected chi connectivity index (χ2v) is 8.33. The molecule has 0 amide bonds. The zero-order valence-corrected chi connectivity index (χ0v) is 20.2. The lowest BCUT2D eigenvalue weighted by Crippen LogP contribution is -2.02. The summed E-state index contributed by atoms with van der Waals surface area (Å²) in [6, 6.07) is 18.1. The van der Waals surface area contributed by atoms with Crippen LogP contribution in [-0.2, 0) is 17.9 Å². The lowest BCUT2D eigenvalue weighted by molar-refractivity contribution is 0.0600. The van der Waals surface area contributed by atoms with E-state index in [2.05, 4.69) is 11.5 Å². The van der Waals surface area contributed by atoms with E-state index in [1.54, 1.807) is 43.5 Å². The largest absolute Gasteiger partial charge is 0.497 e. The van der Waals surface area contributed by atoms with Crippen molar-refractivity contribution >= 4 is 28.7 Å². The molecule has 5 rings (SSSR count). The zero-order valence-electron chi connectivity index (χ0n) is 20.2. The summed E-state index contributed by atoms with van der Waals surface area (Å²) < 4.78 is 24.1. The first-order chi connectivity index (χ1) is 17.5. The van der Waals surface area contributed by atoms with Gasteiger partial charge < -0.3 is 23.5 Å². The number of hydrogen-bond donors (Lipinski definition) is 0. The van der Waals surface area contributed by atoms with Gasteiger partial charge in [-0.15, -0.1) is 0 Å². The molecule has 2 heterocycles.